The van der Waals surface area contributed by atoms with Crippen LogP contribution in [0.3, 0.4) is 0 Å². The van der Waals surface area contributed by atoms with E-state index in [1.54, 1.807) is 18.5 Å². The van der Waals surface area contributed by atoms with Crippen LogP contribution in [0.25, 0.3) is 0 Å². The number of pyridine rings is 1. The number of ether oxygens (including phenoxy) is 1. The lowest BCUT2D eigenvalue weighted by Gasteiger charge is -2.08. The number of aromatic nitrogens is 1. The Balaban J connectivity index is 2.69. The van der Waals surface area contributed by atoms with E-state index in [4.69, 9.17) is 27.8 Å². The van der Waals surface area contributed by atoms with Crippen LogP contribution in [0.15, 0.2) is 18.5 Å². The molecule has 0 bridgehead atoms. The van der Waals surface area contributed by atoms with Crippen molar-refractivity contribution in [2.75, 3.05) is 13.2 Å². The second-order valence-corrected chi connectivity index (χ2v) is 3.10. The molecule has 3 N–H and O–H groups in total. The molecule has 1 aromatic rings. The number of hydrogen-bond donors (Lipinski definition) is 2. The zero-order valence-corrected chi connectivity index (χ0v) is 8.46. The molecule has 1 heterocycles. The first kappa shape index (κ1) is 10.9. The number of hydrogen-bond acceptors (Lipinski definition) is 4. The highest BCUT2D eigenvalue weighted by Gasteiger charge is 2.05. The van der Waals surface area contributed by atoms with Crippen LogP contribution >= 0.6 is 12.2 Å². The van der Waals surface area contributed by atoms with Gasteiger partial charge in [0.25, 0.3) is 0 Å². The summed E-state index contributed by atoms with van der Waals surface area (Å²) in [5.74, 6) is 0.563. The van der Waals surface area contributed by atoms with E-state index in [1.807, 2.05) is 0 Å². The van der Waals surface area contributed by atoms with E-state index in [-0.39, 0.29) is 11.6 Å². The topological polar surface area (TPSA) is 68.4 Å². The number of nitrogens with zero attached hydrogens (tertiary/aromatic N) is 1. The molecule has 0 unspecified atom stereocenters. The molecule has 0 aliphatic carbocycles. The number of rotatable bonds is 5. The van der Waals surface area contributed by atoms with Gasteiger partial charge in [-0.2, -0.15) is 0 Å². The van der Waals surface area contributed by atoms with E-state index in [0.29, 0.717) is 24.3 Å². The van der Waals surface area contributed by atoms with Crippen molar-refractivity contribution >= 4 is 17.2 Å². The fraction of sp³-hybridized carbons (Fsp3) is 0.333. The van der Waals surface area contributed by atoms with Crippen molar-refractivity contribution < 1.29 is 9.84 Å². The predicted octanol–water partition coefficient (Wildman–Crippen LogP) is 0.477. The Bertz CT molecular complexity index is 317. The van der Waals surface area contributed by atoms with Crippen molar-refractivity contribution in [1.29, 1.82) is 0 Å². The van der Waals surface area contributed by atoms with Gasteiger partial charge in [0.05, 0.1) is 18.4 Å². The van der Waals surface area contributed by atoms with E-state index in [0.717, 1.165) is 0 Å². The molecule has 1 rings (SSSR count). The van der Waals surface area contributed by atoms with Crippen LogP contribution in [0.4, 0.5) is 0 Å². The summed E-state index contributed by atoms with van der Waals surface area (Å²) in [5.41, 5.74) is 6.17. The van der Waals surface area contributed by atoms with Crippen LogP contribution in [0.1, 0.15) is 12.0 Å². The summed E-state index contributed by atoms with van der Waals surface area (Å²) in [4.78, 5) is 4.19. The van der Waals surface area contributed by atoms with Gasteiger partial charge in [-0.1, -0.05) is 12.2 Å². The molecule has 14 heavy (non-hydrogen) atoms. The summed E-state index contributed by atoms with van der Waals surface area (Å²) in [6, 6.07) is 1.70. The summed E-state index contributed by atoms with van der Waals surface area (Å²) in [5, 5.41) is 8.58. The number of aliphatic hydroxyl groups is 1. The first-order chi connectivity index (χ1) is 6.75. The molecule has 4 nitrogen and oxygen atoms in total. The molecular formula is C9H12N2O2S. The second-order valence-electron chi connectivity index (χ2n) is 2.66. The minimum absolute atomic E-state index is 0.0999. The lowest BCUT2D eigenvalue weighted by atomic mass is 10.2. The average molecular weight is 212 g/mol. The van der Waals surface area contributed by atoms with E-state index >= 15 is 0 Å². The third kappa shape index (κ3) is 2.93. The Hall–Kier alpha value is -1.20. The van der Waals surface area contributed by atoms with Gasteiger partial charge < -0.3 is 15.6 Å². The number of aliphatic hydroxyl groups excluding tert-OH is 1. The molecule has 0 amide bonds. The van der Waals surface area contributed by atoms with Crippen LogP contribution in [0.2, 0.25) is 0 Å². The lowest BCUT2D eigenvalue weighted by Crippen LogP contribution is -2.12. The van der Waals surface area contributed by atoms with E-state index < -0.39 is 0 Å². The van der Waals surface area contributed by atoms with Gasteiger partial charge in [0.2, 0.25) is 0 Å². The number of thiocarbonyl (C=S) groups is 1. The van der Waals surface area contributed by atoms with Crippen LogP contribution in [-0.2, 0) is 0 Å². The van der Waals surface area contributed by atoms with Crippen molar-refractivity contribution in [2.24, 2.45) is 5.73 Å². The van der Waals surface area contributed by atoms with Gasteiger partial charge in [-0.25, -0.2) is 0 Å². The first-order valence-electron chi connectivity index (χ1n) is 4.23. The standard InChI is InChI=1S/C9H12N2O2S/c10-9(14)7-2-3-11-6-8(7)13-5-1-4-12/h2-3,6,12H,1,4-5H2,(H2,10,14). The first-order valence-corrected chi connectivity index (χ1v) is 4.64. The molecule has 1 aromatic heterocycles. The average Bonchev–Trinajstić information content (AvgIpc) is 2.19. The summed E-state index contributed by atoms with van der Waals surface area (Å²) < 4.78 is 5.35. The Morgan fingerprint density at radius 3 is 3.07 bits per heavy atom. The van der Waals surface area contributed by atoms with E-state index in [1.165, 1.54) is 0 Å². The normalized spacial score (nSPS) is 9.79. The quantitative estimate of drug-likeness (QED) is 0.549. The summed E-state index contributed by atoms with van der Waals surface area (Å²) >= 11 is 4.85. The van der Waals surface area contributed by atoms with Gasteiger partial charge in [0, 0.05) is 19.2 Å². The van der Waals surface area contributed by atoms with Crippen LogP contribution in [0.5, 0.6) is 5.75 Å². The third-order valence-electron chi connectivity index (χ3n) is 1.61. The van der Waals surface area contributed by atoms with Crippen molar-refractivity contribution in [1.82, 2.24) is 4.98 Å². The van der Waals surface area contributed by atoms with Crippen LogP contribution < -0.4 is 10.5 Å². The Labute approximate surface area is 87.7 Å². The highest BCUT2D eigenvalue weighted by molar-refractivity contribution is 7.80. The summed E-state index contributed by atoms with van der Waals surface area (Å²) in [6.45, 7) is 0.528. The van der Waals surface area contributed by atoms with E-state index in [2.05, 4.69) is 4.98 Å². The van der Waals surface area contributed by atoms with Crippen LogP contribution in [0, 0.1) is 0 Å². The molecular weight excluding hydrogens is 200 g/mol. The highest BCUT2D eigenvalue weighted by atomic mass is 32.1. The Morgan fingerprint density at radius 1 is 1.64 bits per heavy atom. The van der Waals surface area contributed by atoms with Crippen molar-refractivity contribution in [3.8, 4) is 5.75 Å². The molecule has 0 saturated carbocycles. The molecule has 76 valence electrons. The molecule has 0 fully saturated rings. The van der Waals surface area contributed by atoms with Crippen molar-refractivity contribution in [2.45, 2.75) is 6.42 Å². The molecule has 0 spiro atoms. The predicted molar refractivity (Wildman–Crippen MR) is 57.3 cm³/mol. The van der Waals surface area contributed by atoms with Crippen molar-refractivity contribution in [3.05, 3.63) is 24.0 Å². The Morgan fingerprint density at radius 2 is 2.43 bits per heavy atom. The van der Waals surface area contributed by atoms with Gasteiger partial charge in [0.1, 0.15) is 10.7 Å². The summed E-state index contributed by atoms with van der Waals surface area (Å²) in [7, 11) is 0. The maximum atomic E-state index is 8.58. The largest absolute Gasteiger partial charge is 0.491 e. The van der Waals surface area contributed by atoms with Gasteiger partial charge in [-0.3, -0.25) is 4.98 Å². The van der Waals surface area contributed by atoms with Gasteiger partial charge in [0.15, 0.2) is 0 Å². The smallest absolute Gasteiger partial charge is 0.147 e. The molecule has 0 aromatic carbocycles. The minimum atomic E-state index is 0.0999. The molecule has 5 heteroatoms. The maximum Gasteiger partial charge on any atom is 0.147 e. The third-order valence-corrected chi connectivity index (χ3v) is 1.83. The summed E-state index contributed by atoms with van der Waals surface area (Å²) in [6.07, 6.45) is 3.74. The molecule has 0 aliphatic heterocycles. The monoisotopic (exact) mass is 212 g/mol. The highest BCUT2D eigenvalue weighted by Crippen LogP contribution is 2.15. The molecule has 0 saturated heterocycles. The minimum Gasteiger partial charge on any atom is -0.491 e. The van der Waals surface area contributed by atoms with Gasteiger partial charge >= 0.3 is 0 Å². The number of nitrogens with two attached hydrogens (primary N) is 1. The maximum absolute atomic E-state index is 8.58. The Kier molecular flexibility index (Phi) is 4.28. The zero-order valence-electron chi connectivity index (χ0n) is 7.64. The molecule has 0 atom stereocenters. The van der Waals surface area contributed by atoms with Crippen LogP contribution in [-0.4, -0.2) is 28.3 Å². The zero-order chi connectivity index (χ0) is 10.4. The molecule has 0 aliphatic rings. The van der Waals surface area contributed by atoms with E-state index in [9.17, 15) is 0 Å². The van der Waals surface area contributed by atoms with Gasteiger partial charge in [-0.05, 0) is 6.07 Å². The lowest BCUT2D eigenvalue weighted by molar-refractivity contribution is 0.233. The fourth-order valence-corrected chi connectivity index (χ4v) is 1.11. The fourth-order valence-electron chi connectivity index (χ4n) is 0.945. The molecule has 0 radical (unpaired) electrons. The SMILES string of the molecule is NC(=S)c1ccncc1OCCCO. The van der Waals surface area contributed by atoms with Gasteiger partial charge in [-0.15, -0.1) is 0 Å². The van der Waals surface area contributed by atoms with Crippen molar-refractivity contribution in [3.63, 3.8) is 0 Å². The second kappa shape index (κ2) is 5.51.